The van der Waals surface area contributed by atoms with E-state index in [1.54, 1.807) is 0 Å². The van der Waals surface area contributed by atoms with E-state index in [1.165, 1.54) is 11.1 Å². The highest BCUT2D eigenvalue weighted by Crippen LogP contribution is 2.23. The number of aryl methyl sites for hydroxylation is 1. The Labute approximate surface area is 139 Å². The maximum atomic E-state index is 4.73. The summed E-state index contributed by atoms with van der Waals surface area (Å²) in [4.78, 5) is 11.7. The minimum absolute atomic E-state index is 0.698. The molecule has 23 heavy (non-hydrogen) atoms. The van der Waals surface area contributed by atoms with Gasteiger partial charge >= 0.3 is 0 Å². The first-order valence-corrected chi connectivity index (χ1v) is 8.53. The quantitative estimate of drug-likeness (QED) is 0.912. The second-order valence-corrected chi connectivity index (χ2v) is 6.74. The summed E-state index contributed by atoms with van der Waals surface area (Å²) in [5.41, 5.74) is 3.85. The summed E-state index contributed by atoms with van der Waals surface area (Å²) in [5.74, 6) is 2.47. The number of hydrogen-bond acceptors (Lipinski definition) is 4. The minimum Gasteiger partial charge on any atom is -0.370 e. The smallest absolute Gasteiger partial charge is 0.227 e. The standard InChI is InChI=1S/C19H26N4/c1-14(2)8-10-20-18-12-15(3)21-19(22-18)23-11-9-16-6-4-5-7-17(16)13-23/h4-7,12,14H,8-11,13H2,1-3H3,(H,20,21,22). The summed E-state index contributed by atoms with van der Waals surface area (Å²) in [5, 5.41) is 3.44. The maximum Gasteiger partial charge on any atom is 0.227 e. The minimum atomic E-state index is 0.698. The average Bonchev–Trinajstić information content (AvgIpc) is 2.53. The van der Waals surface area contributed by atoms with Crippen LogP contribution in [0.15, 0.2) is 30.3 Å². The predicted molar refractivity (Wildman–Crippen MR) is 95.9 cm³/mol. The van der Waals surface area contributed by atoms with E-state index in [0.29, 0.717) is 5.92 Å². The molecule has 122 valence electrons. The van der Waals surface area contributed by atoms with E-state index in [4.69, 9.17) is 4.98 Å². The van der Waals surface area contributed by atoms with Crippen LogP contribution in [0.2, 0.25) is 0 Å². The number of hydrogen-bond donors (Lipinski definition) is 1. The molecule has 0 spiro atoms. The molecule has 1 aromatic heterocycles. The van der Waals surface area contributed by atoms with Gasteiger partial charge in [0.2, 0.25) is 5.95 Å². The van der Waals surface area contributed by atoms with Crippen LogP contribution in [0, 0.1) is 12.8 Å². The molecule has 0 unspecified atom stereocenters. The fourth-order valence-electron chi connectivity index (χ4n) is 2.94. The van der Waals surface area contributed by atoms with Crippen LogP contribution in [-0.4, -0.2) is 23.1 Å². The summed E-state index contributed by atoms with van der Waals surface area (Å²) in [6.07, 6.45) is 2.21. The number of rotatable bonds is 5. The lowest BCUT2D eigenvalue weighted by atomic mass is 10.0. The van der Waals surface area contributed by atoms with Crippen LogP contribution in [0.3, 0.4) is 0 Å². The first-order valence-electron chi connectivity index (χ1n) is 8.53. The highest BCUT2D eigenvalue weighted by molar-refractivity contribution is 5.46. The summed E-state index contributed by atoms with van der Waals surface area (Å²) in [6.45, 7) is 9.34. The number of aromatic nitrogens is 2. The second kappa shape index (κ2) is 6.99. The predicted octanol–water partition coefficient (Wildman–Crippen LogP) is 3.81. The van der Waals surface area contributed by atoms with E-state index in [-0.39, 0.29) is 0 Å². The van der Waals surface area contributed by atoms with Crippen LogP contribution in [0.1, 0.15) is 37.1 Å². The van der Waals surface area contributed by atoms with Crippen molar-refractivity contribution in [2.24, 2.45) is 5.92 Å². The lowest BCUT2D eigenvalue weighted by Crippen LogP contribution is -2.32. The van der Waals surface area contributed by atoms with Gasteiger partial charge in [0, 0.05) is 31.4 Å². The third-order valence-electron chi connectivity index (χ3n) is 4.28. The fraction of sp³-hybridized carbons (Fsp3) is 0.474. The van der Waals surface area contributed by atoms with Gasteiger partial charge in [0.25, 0.3) is 0 Å². The Morgan fingerprint density at radius 3 is 2.74 bits per heavy atom. The normalized spacial score (nSPS) is 14.0. The van der Waals surface area contributed by atoms with Gasteiger partial charge in [-0.2, -0.15) is 4.98 Å². The Bertz CT molecular complexity index is 666. The van der Waals surface area contributed by atoms with Crippen molar-refractivity contribution >= 4 is 11.8 Å². The summed E-state index contributed by atoms with van der Waals surface area (Å²) in [6, 6.07) is 10.7. The Kier molecular flexibility index (Phi) is 4.79. The van der Waals surface area contributed by atoms with E-state index < -0.39 is 0 Å². The van der Waals surface area contributed by atoms with E-state index in [2.05, 4.69) is 53.3 Å². The zero-order valence-corrected chi connectivity index (χ0v) is 14.3. The maximum absolute atomic E-state index is 4.73. The number of benzene rings is 1. The first kappa shape index (κ1) is 15.8. The van der Waals surface area contributed by atoms with Crippen molar-refractivity contribution < 1.29 is 0 Å². The zero-order chi connectivity index (χ0) is 16.2. The molecule has 1 aliphatic heterocycles. The molecule has 0 radical (unpaired) electrons. The summed E-state index contributed by atoms with van der Waals surface area (Å²) >= 11 is 0. The lowest BCUT2D eigenvalue weighted by Gasteiger charge is -2.29. The average molecular weight is 310 g/mol. The lowest BCUT2D eigenvalue weighted by molar-refractivity contribution is 0.606. The van der Waals surface area contributed by atoms with Crippen LogP contribution < -0.4 is 10.2 Å². The Morgan fingerprint density at radius 1 is 1.17 bits per heavy atom. The van der Waals surface area contributed by atoms with Crippen LogP contribution >= 0.6 is 0 Å². The molecule has 0 bridgehead atoms. The molecule has 4 nitrogen and oxygen atoms in total. The number of anilines is 2. The van der Waals surface area contributed by atoms with E-state index in [0.717, 1.165) is 49.9 Å². The summed E-state index contributed by atoms with van der Waals surface area (Å²) in [7, 11) is 0. The number of fused-ring (bicyclic) bond motifs is 1. The van der Waals surface area contributed by atoms with Gasteiger partial charge in [0.15, 0.2) is 0 Å². The number of nitrogens with zero attached hydrogens (tertiary/aromatic N) is 3. The van der Waals surface area contributed by atoms with Crippen molar-refractivity contribution in [3.63, 3.8) is 0 Å². The molecule has 1 aromatic carbocycles. The van der Waals surface area contributed by atoms with Gasteiger partial charge in [0.1, 0.15) is 5.82 Å². The van der Waals surface area contributed by atoms with Crippen LogP contribution in [0.5, 0.6) is 0 Å². The molecular weight excluding hydrogens is 284 g/mol. The van der Waals surface area contributed by atoms with E-state index >= 15 is 0 Å². The molecule has 0 aliphatic carbocycles. The van der Waals surface area contributed by atoms with Gasteiger partial charge in [-0.1, -0.05) is 38.1 Å². The largest absolute Gasteiger partial charge is 0.370 e. The van der Waals surface area contributed by atoms with Gasteiger partial charge in [0.05, 0.1) is 0 Å². The molecule has 0 atom stereocenters. The molecule has 2 heterocycles. The highest BCUT2D eigenvalue weighted by atomic mass is 15.3. The van der Waals surface area contributed by atoms with Crippen molar-refractivity contribution in [3.8, 4) is 0 Å². The van der Waals surface area contributed by atoms with Crippen molar-refractivity contribution in [1.29, 1.82) is 0 Å². The van der Waals surface area contributed by atoms with Gasteiger partial charge in [-0.25, -0.2) is 4.98 Å². The van der Waals surface area contributed by atoms with Crippen LogP contribution in [0.4, 0.5) is 11.8 Å². The molecule has 3 rings (SSSR count). The SMILES string of the molecule is Cc1cc(NCCC(C)C)nc(N2CCc3ccccc3C2)n1. The molecule has 0 fully saturated rings. The van der Waals surface area contributed by atoms with Crippen LogP contribution in [0.25, 0.3) is 0 Å². The van der Waals surface area contributed by atoms with Gasteiger partial charge < -0.3 is 10.2 Å². The van der Waals surface area contributed by atoms with E-state index in [1.807, 2.05) is 13.0 Å². The zero-order valence-electron chi connectivity index (χ0n) is 14.3. The second-order valence-electron chi connectivity index (χ2n) is 6.74. The fourth-order valence-corrected chi connectivity index (χ4v) is 2.94. The van der Waals surface area contributed by atoms with Crippen molar-refractivity contribution in [2.75, 3.05) is 23.3 Å². The molecule has 2 aromatic rings. The van der Waals surface area contributed by atoms with Gasteiger partial charge in [-0.3, -0.25) is 0 Å². The molecular formula is C19H26N4. The Hall–Kier alpha value is -2.10. The molecule has 4 heteroatoms. The van der Waals surface area contributed by atoms with Gasteiger partial charge in [-0.15, -0.1) is 0 Å². The molecule has 1 N–H and O–H groups in total. The highest BCUT2D eigenvalue weighted by Gasteiger charge is 2.18. The van der Waals surface area contributed by atoms with E-state index in [9.17, 15) is 0 Å². The van der Waals surface area contributed by atoms with Gasteiger partial charge in [-0.05, 0) is 36.8 Å². The van der Waals surface area contributed by atoms with Crippen LogP contribution in [-0.2, 0) is 13.0 Å². The van der Waals surface area contributed by atoms with Crippen molar-refractivity contribution in [3.05, 3.63) is 47.2 Å². The Balaban J connectivity index is 1.74. The topological polar surface area (TPSA) is 41.1 Å². The third kappa shape index (κ3) is 4.01. The molecule has 1 aliphatic rings. The molecule has 0 amide bonds. The monoisotopic (exact) mass is 310 g/mol. The third-order valence-corrected chi connectivity index (χ3v) is 4.28. The molecule has 0 saturated heterocycles. The first-order chi connectivity index (χ1) is 11.1. The Morgan fingerprint density at radius 2 is 1.96 bits per heavy atom. The van der Waals surface area contributed by atoms with Crippen molar-refractivity contribution in [1.82, 2.24) is 9.97 Å². The number of nitrogens with one attached hydrogen (secondary N) is 1. The summed E-state index contributed by atoms with van der Waals surface area (Å²) < 4.78 is 0. The molecule has 0 saturated carbocycles. The van der Waals surface area contributed by atoms with Crippen molar-refractivity contribution in [2.45, 2.75) is 40.2 Å².